The fourth-order valence-corrected chi connectivity index (χ4v) is 5.10. The molecule has 6 rings (SSSR count). The zero-order valence-corrected chi connectivity index (χ0v) is 22.4. The summed E-state index contributed by atoms with van der Waals surface area (Å²) < 4.78 is 6.72. The molecule has 41 heavy (non-hydrogen) atoms. The summed E-state index contributed by atoms with van der Waals surface area (Å²) in [5.41, 5.74) is 6.52. The zero-order valence-electron chi connectivity index (χ0n) is 22.4. The largest absolute Gasteiger partial charge is 0.504 e. The second-order valence-corrected chi connectivity index (χ2v) is 10.5. The molecule has 0 saturated heterocycles. The van der Waals surface area contributed by atoms with Crippen LogP contribution in [0.2, 0.25) is 0 Å². The lowest BCUT2D eigenvalue weighted by Crippen LogP contribution is -2.46. The van der Waals surface area contributed by atoms with Gasteiger partial charge in [0.25, 0.3) is 5.56 Å². The van der Waals surface area contributed by atoms with E-state index < -0.39 is 23.1 Å². The van der Waals surface area contributed by atoms with E-state index in [9.17, 15) is 24.6 Å². The Hall–Kier alpha value is -4.74. The van der Waals surface area contributed by atoms with Crippen LogP contribution in [0.3, 0.4) is 0 Å². The molecule has 0 saturated carbocycles. The molecule has 0 bridgehead atoms. The number of para-hydroxylation sites is 1. The number of pyridine rings is 2. The van der Waals surface area contributed by atoms with Crippen LogP contribution in [-0.2, 0) is 39.5 Å². The Kier molecular flexibility index (Phi) is 6.80. The summed E-state index contributed by atoms with van der Waals surface area (Å²) in [6.07, 6.45) is 0.218. The van der Waals surface area contributed by atoms with Crippen molar-refractivity contribution >= 4 is 22.8 Å². The Balaban J connectivity index is 0.000000193. The van der Waals surface area contributed by atoms with Crippen molar-refractivity contribution in [3.8, 4) is 22.9 Å². The number of aliphatic hydroxyl groups is 1. The van der Waals surface area contributed by atoms with Gasteiger partial charge in [0, 0.05) is 22.9 Å². The molecule has 2 aromatic heterocycles. The number of hydrogen-bond acceptors (Lipinski definition) is 9. The van der Waals surface area contributed by atoms with Crippen LogP contribution in [0.4, 0.5) is 0 Å². The summed E-state index contributed by atoms with van der Waals surface area (Å²) in [7, 11) is 0. The standard InChI is InChI=1S/C20H16N2O4.C10H13NO4/c1-2-20(25)14-8-16-17-12(7-11-5-3-4-6-15(11)21-17)9-22(16)18(23)13(14)10-26-19(20)24;1-10(11,9(14)15)5-6-2-3-7(12)8(13)4-6/h3-8,25H,2,9-10H2,1H3;2-4,12-13H,5,11H2,1H3,(H,14,15). The van der Waals surface area contributed by atoms with E-state index in [1.165, 1.54) is 25.1 Å². The van der Waals surface area contributed by atoms with Crippen molar-refractivity contribution in [3.63, 3.8) is 0 Å². The van der Waals surface area contributed by atoms with Gasteiger partial charge in [-0.05, 0) is 49.2 Å². The van der Waals surface area contributed by atoms with Crippen LogP contribution in [0.1, 0.15) is 42.5 Å². The summed E-state index contributed by atoms with van der Waals surface area (Å²) in [6.45, 7) is 3.40. The van der Waals surface area contributed by atoms with E-state index in [1.54, 1.807) is 17.6 Å². The maximum absolute atomic E-state index is 13.0. The highest BCUT2D eigenvalue weighted by Gasteiger charge is 2.45. The Morgan fingerprint density at radius 3 is 2.54 bits per heavy atom. The lowest BCUT2D eigenvalue weighted by Gasteiger charge is -2.31. The number of fused-ring (bicyclic) bond motifs is 5. The lowest BCUT2D eigenvalue weighted by molar-refractivity contribution is -0.172. The number of benzene rings is 2. The van der Waals surface area contributed by atoms with Gasteiger partial charge >= 0.3 is 11.9 Å². The third-order valence-corrected chi connectivity index (χ3v) is 7.52. The van der Waals surface area contributed by atoms with E-state index in [4.69, 9.17) is 25.7 Å². The molecule has 4 aromatic rings. The molecular formula is C30H29N3O8. The first-order valence-corrected chi connectivity index (χ1v) is 12.9. The van der Waals surface area contributed by atoms with Crippen molar-refractivity contribution in [1.82, 2.24) is 9.55 Å². The minimum Gasteiger partial charge on any atom is -0.504 e. The van der Waals surface area contributed by atoms with E-state index in [2.05, 4.69) is 0 Å². The fourth-order valence-electron chi connectivity index (χ4n) is 5.10. The first-order valence-electron chi connectivity index (χ1n) is 12.9. The van der Waals surface area contributed by atoms with Gasteiger partial charge < -0.3 is 35.5 Å². The third kappa shape index (κ3) is 4.79. The molecule has 2 aliphatic rings. The maximum Gasteiger partial charge on any atom is 0.343 e. The van der Waals surface area contributed by atoms with E-state index in [0.717, 1.165) is 22.2 Å². The molecule has 0 aliphatic carbocycles. The van der Waals surface area contributed by atoms with Gasteiger partial charge in [-0.1, -0.05) is 31.2 Å². The van der Waals surface area contributed by atoms with Crippen LogP contribution in [-0.4, -0.2) is 47.5 Å². The molecule has 2 atom stereocenters. The number of carbonyl (C=O) groups excluding carboxylic acids is 1. The number of ether oxygens (including phenoxy) is 1. The topological polar surface area (TPSA) is 185 Å². The van der Waals surface area contributed by atoms with Gasteiger partial charge in [-0.3, -0.25) is 9.59 Å². The second kappa shape index (κ2) is 10.0. The smallest absolute Gasteiger partial charge is 0.343 e. The average Bonchev–Trinajstić information content (AvgIpc) is 3.29. The average molecular weight is 560 g/mol. The molecule has 11 heteroatoms. The van der Waals surface area contributed by atoms with Gasteiger partial charge in [0.05, 0.1) is 29.0 Å². The van der Waals surface area contributed by atoms with Crippen molar-refractivity contribution in [2.45, 2.75) is 51.0 Å². The first kappa shape index (κ1) is 27.8. The number of aromatic hydroxyl groups is 2. The predicted octanol–water partition coefficient (Wildman–Crippen LogP) is 2.52. The maximum atomic E-state index is 13.0. The molecule has 2 aromatic carbocycles. The summed E-state index contributed by atoms with van der Waals surface area (Å²) >= 11 is 0. The molecule has 11 nitrogen and oxygen atoms in total. The van der Waals surface area contributed by atoms with Crippen molar-refractivity contribution in [2.75, 3.05) is 0 Å². The number of phenolic OH excluding ortho intramolecular Hbond substituents is 2. The minimum atomic E-state index is -1.79. The summed E-state index contributed by atoms with van der Waals surface area (Å²) in [5.74, 6) is -2.35. The number of cyclic esters (lactones) is 1. The molecule has 212 valence electrons. The summed E-state index contributed by atoms with van der Waals surface area (Å²) in [6, 6.07) is 15.7. The van der Waals surface area contributed by atoms with E-state index in [1.807, 2.05) is 30.3 Å². The molecule has 2 unspecified atom stereocenters. The number of aliphatic carboxylic acids is 1. The van der Waals surface area contributed by atoms with Gasteiger partial charge in [0.2, 0.25) is 0 Å². The van der Waals surface area contributed by atoms with Gasteiger partial charge in [-0.2, -0.15) is 0 Å². The molecule has 0 spiro atoms. The van der Waals surface area contributed by atoms with Crippen LogP contribution in [0, 0.1) is 0 Å². The number of carboxylic acids is 1. The number of carboxylic acid groups (broad SMARTS) is 1. The van der Waals surface area contributed by atoms with Crippen LogP contribution in [0.5, 0.6) is 11.5 Å². The number of aromatic nitrogens is 2. The van der Waals surface area contributed by atoms with Crippen LogP contribution < -0.4 is 11.3 Å². The predicted molar refractivity (Wildman–Crippen MR) is 148 cm³/mol. The Morgan fingerprint density at radius 2 is 1.85 bits per heavy atom. The van der Waals surface area contributed by atoms with Crippen molar-refractivity contribution in [1.29, 1.82) is 0 Å². The Morgan fingerprint density at radius 1 is 1.12 bits per heavy atom. The molecule has 4 heterocycles. The number of phenols is 2. The Labute approximate surface area is 234 Å². The number of carbonyl (C=O) groups is 2. The third-order valence-electron chi connectivity index (χ3n) is 7.52. The molecule has 0 radical (unpaired) electrons. The normalized spacial score (nSPS) is 18.3. The van der Waals surface area contributed by atoms with E-state index >= 15 is 0 Å². The van der Waals surface area contributed by atoms with Gasteiger partial charge in [-0.25, -0.2) is 9.78 Å². The molecule has 0 amide bonds. The van der Waals surface area contributed by atoms with Crippen molar-refractivity contribution in [3.05, 3.63) is 87.2 Å². The molecule has 0 fully saturated rings. The number of rotatable bonds is 4. The molecule has 2 aliphatic heterocycles. The Bertz CT molecular complexity index is 1780. The van der Waals surface area contributed by atoms with Crippen molar-refractivity contribution in [2.24, 2.45) is 5.73 Å². The lowest BCUT2D eigenvalue weighted by atomic mass is 9.86. The van der Waals surface area contributed by atoms with E-state index in [-0.39, 0.29) is 36.5 Å². The summed E-state index contributed by atoms with van der Waals surface area (Å²) in [5, 5.41) is 38.9. The number of nitrogens with two attached hydrogens (primary N) is 1. The van der Waals surface area contributed by atoms with Crippen LogP contribution >= 0.6 is 0 Å². The number of nitrogens with zero attached hydrogens (tertiary/aromatic N) is 2. The summed E-state index contributed by atoms with van der Waals surface area (Å²) in [4.78, 5) is 40.6. The fraction of sp³-hybridized carbons (Fsp3) is 0.267. The highest BCUT2D eigenvalue weighted by atomic mass is 16.6. The van der Waals surface area contributed by atoms with Crippen molar-refractivity contribution < 1.29 is 34.8 Å². The monoisotopic (exact) mass is 559 g/mol. The van der Waals surface area contributed by atoms with Gasteiger partial charge in [0.15, 0.2) is 17.1 Å². The van der Waals surface area contributed by atoms with Gasteiger partial charge in [-0.15, -0.1) is 0 Å². The second-order valence-electron chi connectivity index (χ2n) is 10.5. The van der Waals surface area contributed by atoms with Crippen LogP contribution in [0.25, 0.3) is 22.3 Å². The SMILES string of the molecule is CC(N)(Cc1ccc(O)c(O)c1)C(=O)O.CCC1(O)C(=O)OCc2c1cc1n(c2=O)Cc2cc3ccccc3nc2-1. The molecule has 6 N–H and O–H groups in total. The highest BCUT2D eigenvalue weighted by molar-refractivity contribution is 5.86. The highest BCUT2D eigenvalue weighted by Crippen LogP contribution is 2.38. The van der Waals surface area contributed by atoms with Crippen LogP contribution in [0.15, 0.2) is 59.4 Å². The molecular weight excluding hydrogens is 530 g/mol. The first-order chi connectivity index (χ1) is 19.4. The minimum absolute atomic E-state index is 0.0795. The number of esters is 1. The quantitative estimate of drug-likeness (QED) is 0.162. The zero-order chi connectivity index (χ0) is 29.7. The number of hydrogen-bond donors (Lipinski definition) is 5. The van der Waals surface area contributed by atoms with E-state index in [0.29, 0.717) is 28.9 Å². The van der Waals surface area contributed by atoms with Gasteiger partial charge in [0.1, 0.15) is 12.1 Å².